The maximum atomic E-state index is 13.2. The average Bonchev–Trinajstić information content (AvgIpc) is 3.41. The zero-order chi connectivity index (χ0) is 26.3. The van der Waals surface area contributed by atoms with Crippen LogP contribution in [0.1, 0.15) is 55.7 Å². The van der Waals surface area contributed by atoms with Gasteiger partial charge in [0.15, 0.2) is 12.4 Å². The first-order valence-electron chi connectivity index (χ1n) is 11.4. The molecule has 190 valence electrons. The number of aromatic nitrogens is 5. The van der Waals surface area contributed by atoms with Crippen LogP contribution in [-0.2, 0) is 13.3 Å². The van der Waals surface area contributed by atoms with E-state index in [1.54, 1.807) is 16.3 Å². The first-order chi connectivity index (χ1) is 17.0. The van der Waals surface area contributed by atoms with Gasteiger partial charge in [-0.25, -0.2) is 4.68 Å². The van der Waals surface area contributed by atoms with Crippen molar-refractivity contribution >= 4 is 34.8 Å². The molecular weight excluding hydrogens is 503 g/mol. The Bertz CT molecular complexity index is 1440. The summed E-state index contributed by atoms with van der Waals surface area (Å²) in [6, 6.07) is 3.77. The molecular formula is C25H28Cl2N6O3. The summed E-state index contributed by atoms with van der Waals surface area (Å²) in [6.07, 6.45) is 0. The lowest BCUT2D eigenvalue weighted by Crippen LogP contribution is -2.17. The van der Waals surface area contributed by atoms with E-state index < -0.39 is 5.91 Å². The largest absolute Gasteiger partial charge is 0.471 e. The molecule has 4 aromatic rings. The van der Waals surface area contributed by atoms with Gasteiger partial charge in [-0.2, -0.15) is 10.2 Å². The number of benzene rings is 1. The van der Waals surface area contributed by atoms with Gasteiger partial charge in [-0.3, -0.25) is 9.48 Å². The highest BCUT2D eigenvalue weighted by Crippen LogP contribution is 2.27. The van der Waals surface area contributed by atoms with Crippen molar-refractivity contribution in [3.63, 3.8) is 0 Å². The first-order valence-corrected chi connectivity index (χ1v) is 12.1. The van der Waals surface area contributed by atoms with Gasteiger partial charge in [0.2, 0.25) is 0 Å². The molecule has 1 amide bonds. The Hall–Kier alpha value is -3.30. The summed E-state index contributed by atoms with van der Waals surface area (Å²) < 4.78 is 14.7. The van der Waals surface area contributed by atoms with Crippen LogP contribution in [0.15, 0.2) is 16.7 Å². The topological polar surface area (TPSA) is 100 Å². The number of carbonyl (C=O) groups excluding carboxylic acids is 1. The predicted octanol–water partition coefficient (Wildman–Crippen LogP) is 5.87. The van der Waals surface area contributed by atoms with E-state index >= 15 is 0 Å². The van der Waals surface area contributed by atoms with Crippen LogP contribution in [0.2, 0.25) is 10.0 Å². The predicted molar refractivity (Wildman–Crippen MR) is 138 cm³/mol. The molecule has 0 saturated carbocycles. The number of amides is 1. The number of nitrogens with zero attached hydrogens (tertiary/aromatic N) is 5. The molecule has 0 aliphatic heterocycles. The molecule has 0 radical (unpaired) electrons. The van der Waals surface area contributed by atoms with Crippen molar-refractivity contribution in [2.24, 2.45) is 0 Å². The minimum atomic E-state index is -0.398. The second kappa shape index (κ2) is 9.99. The molecule has 0 aliphatic rings. The molecule has 0 unspecified atom stereocenters. The third kappa shape index (κ3) is 4.85. The lowest BCUT2D eigenvalue weighted by atomic mass is 10.1. The number of carbonyl (C=O) groups is 1. The van der Waals surface area contributed by atoms with Crippen LogP contribution in [0.5, 0.6) is 5.75 Å². The van der Waals surface area contributed by atoms with Crippen molar-refractivity contribution in [1.82, 2.24) is 24.7 Å². The molecule has 0 aliphatic carbocycles. The second-order valence-electron chi connectivity index (χ2n) is 8.85. The molecule has 11 heteroatoms. The molecule has 0 saturated heterocycles. The molecule has 36 heavy (non-hydrogen) atoms. The summed E-state index contributed by atoms with van der Waals surface area (Å²) in [6.45, 7) is 13.5. The minimum Gasteiger partial charge on any atom is -0.471 e. The lowest BCUT2D eigenvalue weighted by Gasteiger charge is -2.11. The van der Waals surface area contributed by atoms with Crippen molar-refractivity contribution in [3.8, 4) is 5.75 Å². The number of halogens is 2. The Morgan fingerprint density at radius 3 is 2.19 bits per heavy atom. The summed E-state index contributed by atoms with van der Waals surface area (Å²) in [5, 5.41) is 17.2. The number of hydrogen-bond acceptors (Lipinski definition) is 6. The number of hydrogen-bond donors (Lipinski definition) is 1. The van der Waals surface area contributed by atoms with Gasteiger partial charge in [0.05, 0.1) is 40.0 Å². The van der Waals surface area contributed by atoms with Crippen molar-refractivity contribution in [3.05, 3.63) is 73.1 Å². The molecule has 0 fully saturated rings. The molecule has 0 bridgehead atoms. The molecule has 1 aromatic carbocycles. The van der Waals surface area contributed by atoms with Crippen LogP contribution < -0.4 is 10.1 Å². The van der Waals surface area contributed by atoms with Gasteiger partial charge in [-0.15, -0.1) is 0 Å². The molecule has 0 spiro atoms. The minimum absolute atomic E-state index is 0.177. The first kappa shape index (κ1) is 25.8. The maximum absolute atomic E-state index is 13.2. The van der Waals surface area contributed by atoms with E-state index in [1.807, 2.05) is 53.7 Å². The monoisotopic (exact) mass is 530 g/mol. The van der Waals surface area contributed by atoms with Crippen LogP contribution in [0, 0.1) is 48.5 Å². The van der Waals surface area contributed by atoms with Crippen LogP contribution in [0.4, 0.5) is 5.69 Å². The number of rotatable bonds is 7. The third-order valence-electron chi connectivity index (χ3n) is 6.18. The van der Waals surface area contributed by atoms with Gasteiger partial charge in [0.1, 0.15) is 11.5 Å². The van der Waals surface area contributed by atoms with Crippen molar-refractivity contribution in [2.45, 2.75) is 61.7 Å². The summed E-state index contributed by atoms with van der Waals surface area (Å²) in [5.41, 5.74) is 6.21. The van der Waals surface area contributed by atoms with E-state index in [0.717, 1.165) is 33.2 Å². The van der Waals surface area contributed by atoms with Crippen LogP contribution in [0.25, 0.3) is 0 Å². The highest BCUT2D eigenvalue weighted by Gasteiger charge is 2.24. The molecule has 3 aromatic heterocycles. The molecule has 1 N–H and O–H groups in total. The van der Waals surface area contributed by atoms with E-state index in [4.69, 9.17) is 32.5 Å². The van der Waals surface area contributed by atoms with E-state index in [-0.39, 0.29) is 12.4 Å². The number of aryl methyl sites for hydroxylation is 5. The summed E-state index contributed by atoms with van der Waals surface area (Å²) in [7, 11) is 0. The molecule has 9 nitrogen and oxygen atoms in total. The van der Waals surface area contributed by atoms with Gasteiger partial charge in [0, 0.05) is 10.6 Å². The van der Waals surface area contributed by atoms with E-state index in [0.29, 0.717) is 40.0 Å². The summed E-state index contributed by atoms with van der Waals surface area (Å²) in [5.74, 6) is 0.833. The number of ether oxygens (including phenoxy) is 1. The Labute approximate surface area is 219 Å². The van der Waals surface area contributed by atoms with Crippen molar-refractivity contribution in [2.75, 3.05) is 5.32 Å². The van der Waals surface area contributed by atoms with Gasteiger partial charge in [-0.1, -0.05) is 28.4 Å². The van der Waals surface area contributed by atoms with E-state index in [1.165, 1.54) is 0 Å². The zero-order valence-corrected chi connectivity index (χ0v) is 22.8. The Balaban J connectivity index is 1.52. The fraction of sp³-hybridized carbons (Fsp3) is 0.360. The fourth-order valence-electron chi connectivity index (χ4n) is 4.04. The number of anilines is 1. The van der Waals surface area contributed by atoms with Crippen LogP contribution in [-0.4, -0.2) is 30.6 Å². The Morgan fingerprint density at radius 2 is 1.58 bits per heavy atom. The van der Waals surface area contributed by atoms with E-state index in [9.17, 15) is 4.79 Å². The lowest BCUT2D eigenvalue weighted by molar-refractivity contribution is 0.101. The highest BCUT2D eigenvalue weighted by atomic mass is 35.5. The normalized spacial score (nSPS) is 11.2. The number of nitrogens with one attached hydrogen (secondary N) is 1. The van der Waals surface area contributed by atoms with Gasteiger partial charge in [0.25, 0.3) is 5.91 Å². The molecule has 3 heterocycles. The SMILES string of the molecule is Cc1cc(OCn2nc(C)c(NC(=O)c3noc(C)c3Cn3nc(C)c(Cl)c3C)c2C)cc(C)c1Cl. The zero-order valence-electron chi connectivity index (χ0n) is 21.3. The van der Waals surface area contributed by atoms with Crippen molar-refractivity contribution in [1.29, 1.82) is 0 Å². The highest BCUT2D eigenvalue weighted by molar-refractivity contribution is 6.32. The van der Waals surface area contributed by atoms with Gasteiger partial charge in [-0.05, 0) is 71.7 Å². The molecule has 0 atom stereocenters. The third-order valence-corrected chi connectivity index (χ3v) is 7.33. The van der Waals surface area contributed by atoms with Gasteiger partial charge < -0.3 is 14.6 Å². The molecule has 4 rings (SSSR count). The Morgan fingerprint density at radius 1 is 0.944 bits per heavy atom. The average molecular weight is 531 g/mol. The smallest absolute Gasteiger partial charge is 0.278 e. The Kier molecular flexibility index (Phi) is 7.15. The fourth-order valence-corrected chi connectivity index (χ4v) is 4.28. The quantitative estimate of drug-likeness (QED) is 0.320. The van der Waals surface area contributed by atoms with E-state index in [2.05, 4.69) is 20.7 Å². The second-order valence-corrected chi connectivity index (χ2v) is 9.61. The standard InChI is InChI=1S/C25H28Cl2N6O3/c1-12-8-19(9-13(2)21(12)26)35-11-33-17(6)23(15(4)30-33)28-25(34)24-20(18(7)36-31-24)10-32-16(5)22(27)14(3)29-32/h8-9H,10-11H2,1-7H3,(H,28,34). The van der Waals surface area contributed by atoms with Crippen molar-refractivity contribution < 1.29 is 14.1 Å². The van der Waals surface area contributed by atoms with Crippen LogP contribution in [0.3, 0.4) is 0 Å². The van der Waals surface area contributed by atoms with Crippen LogP contribution >= 0.6 is 23.2 Å². The summed E-state index contributed by atoms with van der Waals surface area (Å²) in [4.78, 5) is 13.2. The maximum Gasteiger partial charge on any atom is 0.278 e. The van der Waals surface area contributed by atoms with Gasteiger partial charge >= 0.3 is 0 Å². The summed E-state index contributed by atoms with van der Waals surface area (Å²) >= 11 is 12.5.